The van der Waals surface area contributed by atoms with E-state index in [0.29, 0.717) is 13.1 Å². The minimum atomic E-state index is 0.00720. The topological polar surface area (TPSA) is 58.2 Å². The highest BCUT2D eigenvalue weighted by atomic mass is 16.2. The fourth-order valence-electron chi connectivity index (χ4n) is 2.34. The first-order valence-corrected chi connectivity index (χ1v) is 6.03. The van der Waals surface area contributed by atoms with E-state index >= 15 is 0 Å². The predicted octanol–water partition coefficient (Wildman–Crippen LogP) is 1.21. The zero-order valence-electron chi connectivity index (χ0n) is 10.3. The molecule has 0 aromatic heterocycles. The van der Waals surface area contributed by atoms with Gasteiger partial charge in [0.05, 0.1) is 0 Å². The van der Waals surface area contributed by atoms with Crippen LogP contribution >= 0.6 is 0 Å². The molecule has 0 spiro atoms. The van der Waals surface area contributed by atoms with Gasteiger partial charge >= 0.3 is 0 Å². The Labute approximate surface area is 97.2 Å². The van der Waals surface area contributed by atoms with E-state index in [1.807, 2.05) is 0 Å². The molecule has 1 aliphatic rings. The monoisotopic (exact) mass is 226 g/mol. The van der Waals surface area contributed by atoms with Gasteiger partial charge in [-0.3, -0.25) is 9.59 Å². The smallest absolute Gasteiger partial charge is 0.216 e. The highest BCUT2D eigenvalue weighted by molar-refractivity contribution is 5.73. The molecule has 0 aliphatic heterocycles. The Morgan fingerprint density at radius 2 is 1.38 bits per heavy atom. The zero-order valence-corrected chi connectivity index (χ0v) is 10.3. The van der Waals surface area contributed by atoms with Crippen LogP contribution in [-0.2, 0) is 9.59 Å². The van der Waals surface area contributed by atoms with Gasteiger partial charge in [-0.05, 0) is 12.8 Å². The summed E-state index contributed by atoms with van der Waals surface area (Å²) in [5.74, 6) is 0.0144. The molecule has 4 nitrogen and oxygen atoms in total. The minimum absolute atomic E-state index is 0.00720. The molecular weight excluding hydrogens is 204 g/mol. The summed E-state index contributed by atoms with van der Waals surface area (Å²) in [6, 6.07) is 0. The van der Waals surface area contributed by atoms with Crippen molar-refractivity contribution in [3.05, 3.63) is 0 Å². The molecule has 2 N–H and O–H groups in total. The highest BCUT2D eigenvalue weighted by Gasteiger charge is 2.32. The van der Waals surface area contributed by atoms with Crippen molar-refractivity contribution in [1.29, 1.82) is 0 Å². The summed E-state index contributed by atoms with van der Waals surface area (Å²) in [7, 11) is 0. The van der Waals surface area contributed by atoms with E-state index in [1.54, 1.807) is 0 Å². The van der Waals surface area contributed by atoms with Crippen molar-refractivity contribution < 1.29 is 9.59 Å². The van der Waals surface area contributed by atoms with Crippen LogP contribution in [0.3, 0.4) is 0 Å². The second-order valence-corrected chi connectivity index (χ2v) is 4.88. The van der Waals surface area contributed by atoms with E-state index in [2.05, 4.69) is 10.6 Å². The first kappa shape index (κ1) is 13.0. The number of rotatable bonds is 4. The van der Waals surface area contributed by atoms with Gasteiger partial charge in [0.1, 0.15) is 0 Å². The predicted molar refractivity (Wildman–Crippen MR) is 62.9 cm³/mol. The van der Waals surface area contributed by atoms with Gasteiger partial charge in [0.2, 0.25) is 11.8 Å². The number of nitrogens with one attached hydrogen (secondary N) is 2. The molecule has 1 fully saturated rings. The molecule has 0 saturated heterocycles. The molecule has 0 aromatic carbocycles. The first-order valence-electron chi connectivity index (χ1n) is 6.03. The third kappa shape index (κ3) is 4.21. The van der Waals surface area contributed by atoms with E-state index in [0.717, 1.165) is 12.8 Å². The summed E-state index contributed by atoms with van der Waals surface area (Å²) in [5, 5.41) is 5.78. The van der Waals surface area contributed by atoms with Crippen LogP contribution in [0, 0.1) is 5.41 Å². The summed E-state index contributed by atoms with van der Waals surface area (Å²) in [6.45, 7) is 4.44. The molecule has 16 heavy (non-hydrogen) atoms. The molecule has 0 atom stereocenters. The maximum Gasteiger partial charge on any atom is 0.216 e. The average Bonchev–Trinajstić information content (AvgIpc) is 2.25. The highest BCUT2D eigenvalue weighted by Crippen LogP contribution is 2.35. The van der Waals surface area contributed by atoms with Crippen molar-refractivity contribution in [3.8, 4) is 0 Å². The van der Waals surface area contributed by atoms with Gasteiger partial charge in [0, 0.05) is 32.4 Å². The van der Waals surface area contributed by atoms with Gasteiger partial charge in [-0.1, -0.05) is 19.3 Å². The standard InChI is InChI=1S/C12H22N2O2/c1-10(15)13-8-12(9-14-11(2)16)6-4-3-5-7-12/h3-9H2,1-2H3,(H,13,15)(H,14,16). The first-order chi connectivity index (χ1) is 7.54. The molecule has 4 heteroatoms. The Morgan fingerprint density at radius 3 is 1.75 bits per heavy atom. The molecule has 1 saturated carbocycles. The van der Waals surface area contributed by atoms with Crippen LogP contribution in [0.2, 0.25) is 0 Å². The fraction of sp³-hybridized carbons (Fsp3) is 0.833. The van der Waals surface area contributed by atoms with E-state index in [4.69, 9.17) is 0 Å². The fourth-order valence-corrected chi connectivity index (χ4v) is 2.34. The lowest BCUT2D eigenvalue weighted by Crippen LogP contribution is -2.45. The van der Waals surface area contributed by atoms with Crippen LogP contribution in [0.5, 0.6) is 0 Å². The molecule has 0 aromatic rings. The summed E-state index contributed by atoms with van der Waals surface area (Å²) in [5.41, 5.74) is 0.0790. The average molecular weight is 226 g/mol. The van der Waals surface area contributed by atoms with Crippen molar-refractivity contribution in [2.75, 3.05) is 13.1 Å². The third-order valence-electron chi connectivity index (χ3n) is 3.34. The molecule has 1 aliphatic carbocycles. The molecule has 92 valence electrons. The van der Waals surface area contributed by atoms with Crippen molar-refractivity contribution in [2.24, 2.45) is 5.41 Å². The van der Waals surface area contributed by atoms with Crippen molar-refractivity contribution in [2.45, 2.75) is 46.0 Å². The second-order valence-electron chi connectivity index (χ2n) is 4.88. The lowest BCUT2D eigenvalue weighted by Gasteiger charge is -2.37. The number of hydrogen-bond acceptors (Lipinski definition) is 2. The Kier molecular flexibility index (Phi) is 4.77. The van der Waals surface area contributed by atoms with E-state index in [1.165, 1.54) is 33.1 Å². The second kappa shape index (κ2) is 5.87. The Balaban J connectivity index is 2.52. The summed E-state index contributed by atoms with van der Waals surface area (Å²) >= 11 is 0. The Hall–Kier alpha value is -1.06. The van der Waals surface area contributed by atoms with Crippen LogP contribution in [0.25, 0.3) is 0 Å². The van der Waals surface area contributed by atoms with Crippen LogP contribution in [0.1, 0.15) is 46.0 Å². The van der Waals surface area contributed by atoms with Gasteiger partial charge in [-0.2, -0.15) is 0 Å². The van der Waals surface area contributed by atoms with Gasteiger partial charge in [-0.25, -0.2) is 0 Å². The van der Waals surface area contributed by atoms with Crippen LogP contribution in [0.4, 0.5) is 0 Å². The summed E-state index contributed by atoms with van der Waals surface area (Å²) < 4.78 is 0. The lowest BCUT2D eigenvalue weighted by molar-refractivity contribution is -0.119. The van der Waals surface area contributed by atoms with Crippen molar-refractivity contribution in [1.82, 2.24) is 10.6 Å². The Morgan fingerprint density at radius 1 is 0.938 bits per heavy atom. The summed E-state index contributed by atoms with van der Waals surface area (Å²) in [6.07, 6.45) is 5.83. The number of amides is 2. The van der Waals surface area contributed by atoms with E-state index < -0.39 is 0 Å². The molecule has 2 amide bonds. The minimum Gasteiger partial charge on any atom is -0.356 e. The maximum atomic E-state index is 11.0. The van der Waals surface area contributed by atoms with Crippen molar-refractivity contribution >= 4 is 11.8 Å². The third-order valence-corrected chi connectivity index (χ3v) is 3.34. The molecule has 0 bridgehead atoms. The molecule has 0 heterocycles. The van der Waals surface area contributed by atoms with Crippen LogP contribution in [-0.4, -0.2) is 24.9 Å². The quantitative estimate of drug-likeness (QED) is 0.757. The van der Waals surface area contributed by atoms with Gasteiger partial charge in [0.15, 0.2) is 0 Å². The number of carbonyl (C=O) groups is 2. The van der Waals surface area contributed by atoms with Crippen LogP contribution < -0.4 is 10.6 Å². The molecular formula is C12H22N2O2. The van der Waals surface area contributed by atoms with Crippen molar-refractivity contribution in [3.63, 3.8) is 0 Å². The molecule has 0 radical (unpaired) electrons. The zero-order chi connectivity index (χ0) is 12.0. The number of carbonyl (C=O) groups excluding carboxylic acids is 2. The number of hydrogen-bond donors (Lipinski definition) is 2. The van der Waals surface area contributed by atoms with Gasteiger partial charge in [-0.15, -0.1) is 0 Å². The molecule has 0 unspecified atom stereocenters. The lowest BCUT2D eigenvalue weighted by atomic mass is 9.74. The Bertz CT molecular complexity index is 238. The maximum absolute atomic E-state index is 11.0. The molecule has 1 rings (SSSR count). The largest absolute Gasteiger partial charge is 0.356 e. The van der Waals surface area contributed by atoms with Gasteiger partial charge < -0.3 is 10.6 Å². The van der Waals surface area contributed by atoms with E-state index in [-0.39, 0.29) is 17.2 Å². The normalized spacial score (nSPS) is 18.9. The SMILES string of the molecule is CC(=O)NCC1(CNC(C)=O)CCCCC1. The van der Waals surface area contributed by atoms with Gasteiger partial charge in [0.25, 0.3) is 0 Å². The van der Waals surface area contributed by atoms with Crippen LogP contribution in [0.15, 0.2) is 0 Å². The summed E-state index contributed by atoms with van der Waals surface area (Å²) in [4.78, 5) is 21.9. The van der Waals surface area contributed by atoms with E-state index in [9.17, 15) is 9.59 Å².